The Hall–Kier alpha value is -2.43. The van der Waals surface area contributed by atoms with Crippen LogP contribution < -0.4 is 0 Å². The van der Waals surface area contributed by atoms with Crippen molar-refractivity contribution in [2.45, 2.75) is 13.5 Å². The summed E-state index contributed by atoms with van der Waals surface area (Å²) in [7, 11) is 0. The van der Waals surface area contributed by atoms with E-state index in [9.17, 15) is 14.4 Å². The van der Waals surface area contributed by atoms with Gasteiger partial charge in [-0.2, -0.15) is 0 Å². The van der Waals surface area contributed by atoms with E-state index < -0.39 is 23.6 Å². The molecule has 0 bridgehead atoms. The van der Waals surface area contributed by atoms with Crippen molar-refractivity contribution < 1.29 is 19.5 Å². The summed E-state index contributed by atoms with van der Waals surface area (Å²) in [5.74, 6) is -4.37. The summed E-state index contributed by atoms with van der Waals surface area (Å²) >= 11 is 0. The number of nitrogens with zero attached hydrogens (tertiary/aromatic N) is 1. The number of benzene rings is 1. The minimum atomic E-state index is -1.62. The first-order valence-corrected chi connectivity index (χ1v) is 5.81. The Labute approximate surface area is 110 Å². The van der Waals surface area contributed by atoms with Crippen LogP contribution in [0.2, 0.25) is 0 Å². The minimum Gasteiger partial charge on any atom is -0.480 e. The van der Waals surface area contributed by atoms with Crippen LogP contribution in [-0.2, 0) is 20.9 Å². The van der Waals surface area contributed by atoms with Gasteiger partial charge in [0.05, 0.1) is 6.54 Å². The fourth-order valence-electron chi connectivity index (χ4n) is 2.01. The standard InChI is InChI=1S/C14H13NO4/c1-9-7-11(16)12(14(18)19)13(17)15(9)8-10-5-3-2-4-6-10/h2-7,12H,8H2,1H3,(H,18,19). The van der Waals surface area contributed by atoms with E-state index in [1.807, 2.05) is 30.3 Å². The van der Waals surface area contributed by atoms with Gasteiger partial charge in [0.25, 0.3) is 0 Å². The first-order chi connectivity index (χ1) is 9.00. The number of carbonyl (C=O) groups is 3. The van der Waals surface area contributed by atoms with Crippen molar-refractivity contribution in [3.63, 3.8) is 0 Å². The van der Waals surface area contributed by atoms with Gasteiger partial charge in [-0.1, -0.05) is 30.3 Å². The molecule has 2 rings (SSSR count). The lowest BCUT2D eigenvalue weighted by Gasteiger charge is -2.29. The predicted molar refractivity (Wildman–Crippen MR) is 66.9 cm³/mol. The highest BCUT2D eigenvalue weighted by molar-refractivity contribution is 6.21. The summed E-state index contributed by atoms with van der Waals surface area (Å²) in [5.41, 5.74) is 1.35. The van der Waals surface area contributed by atoms with E-state index in [0.29, 0.717) is 5.70 Å². The monoisotopic (exact) mass is 259 g/mol. The quantitative estimate of drug-likeness (QED) is 0.828. The molecular formula is C14H13NO4. The molecule has 0 fully saturated rings. The molecule has 1 aromatic rings. The number of allylic oxidation sites excluding steroid dienone is 2. The molecule has 1 aromatic carbocycles. The van der Waals surface area contributed by atoms with Gasteiger partial charge >= 0.3 is 5.97 Å². The zero-order valence-corrected chi connectivity index (χ0v) is 10.4. The lowest BCUT2D eigenvalue weighted by atomic mass is 9.97. The average molecular weight is 259 g/mol. The second-order valence-electron chi connectivity index (χ2n) is 4.37. The zero-order chi connectivity index (χ0) is 14.0. The fourth-order valence-corrected chi connectivity index (χ4v) is 2.01. The molecule has 5 nitrogen and oxygen atoms in total. The molecule has 1 aliphatic rings. The topological polar surface area (TPSA) is 74.7 Å². The molecular weight excluding hydrogens is 246 g/mol. The van der Waals surface area contributed by atoms with Crippen molar-refractivity contribution in [3.05, 3.63) is 47.7 Å². The second-order valence-corrected chi connectivity index (χ2v) is 4.37. The number of carboxylic acids is 1. The summed E-state index contributed by atoms with van der Waals surface area (Å²) in [6.45, 7) is 1.88. The Morgan fingerprint density at radius 3 is 2.47 bits per heavy atom. The van der Waals surface area contributed by atoms with Crippen LogP contribution in [0.4, 0.5) is 0 Å². The third kappa shape index (κ3) is 2.54. The summed E-state index contributed by atoms with van der Waals surface area (Å²) in [4.78, 5) is 35.9. The maximum Gasteiger partial charge on any atom is 0.324 e. The molecule has 0 aliphatic carbocycles. The lowest BCUT2D eigenvalue weighted by molar-refractivity contribution is -0.154. The molecule has 0 saturated heterocycles. The Kier molecular flexibility index (Phi) is 3.46. The molecule has 1 aliphatic heterocycles. The number of hydrogen-bond acceptors (Lipinski definition) is 3. The van der Waals surface area contributed by atoms with Crippen LogP contribution in [0.25, 0.3) is 0 Å². The Morgan fingerprint density at radius 1 is 1.26 bits per heavy atom. The number of ketones is 1. The zero-order valence-electron chi connectivity index (χ0n) is 10.4. The van der Waals surface area contributed by atoms with Crippen molar-refractivity contribution in [1.29, 1.82) is 0 Å². The van der Waals surface area contributed by atoms with Gasteiger partial charge in [-0.3, -0.25) is 14.4 Å². The summed E-state index contributed by atoms with van der Waals surface area (Å²) in [6, 6.07) is 9.21. The normalized spacial score (nSPS) is 19.3. The lowest BCUT2D eigenvalue weighted by Crippen LogP contribution is -2.45. The number of carbonyl (C=O) groups excluding carboxylic acids is 2. The van der Waals surface area contributed by atoms with Crippen molar-refractivity contribution in [2.75, 3.05) is 0 Å². The van der Waals surface area contributed by atoms with Crippen molar-refractivity contribution >= 4 is 17.7 Å². The van der Waals surface area contributed by atoms with Crippen molar-refractivity contribution in [1.82, 2.24) is 4.90 Å². The highest BCUT2D eigenvalue weighted by Gasteiger charge is 2.40. The molecule has 0 radical (unpaired) electrons. The molecule has 98 valence electrons. The minimum absolute atomic E-state index is 0.263. The van der Waals surface area contributed by atoms with E-state index in [2.05, 4.69) is 0 Å². The third-order valence-electron chi connectivity index (χ3n) is 3.00. The Morgan fingerprint density at radius 2 is 1.89 bits per heavy atom. The molecule has 5 heteroatoms. The number of carboxylic acid groups (broad SMARTS) is 1. The van der Waals surface area contributed by atoms with Crippen LogP contribution in [0.1, 0.15) is 12.5 Å². The summed E-state index contributed by atoms with van der Waals surface area (Å²) < 4.78 is 0. The van der Waals surface area contributed by atoms with Crippen LogP contribution in [-0.4, -0.2) is 27.7 Å². The third-order valence-corrected chi connectivity index (χ3v) is 3.00. The molecule has 19 heavy (non-hydrogen) atoms. The summed E-state index contributed by atoms with van der Waals surface area (Å²) in [6.07, 6.45) is 1.21. The molecule has 1 atom stereocenters. The van der Waals surface area contributed by atoms with Crippen LogP contribution in [0.3, 0.4) is 0 Å². The molecule has 1 N–H and O–H groups in total. The van der Waals surface area contributed by atoms with Gasteiger partial charge in [0.1, 0.15) is 0 Å². The van der Waals surface area contributed by atoms with E-state index in [4.69, 9.17) is 5.11 Å². The Balaban J connectivity index is 2.30. The van der Waals surface area contributed by atoms with Gasteiger partial charge in [0.2, 0.25) is 5.91 Å². The number of hydrogen-bond donors (Lipinski definition) is 1. The van der Waals surface area contributed by atoms with Crippen molar-refractivity contribution in [3.8, 4) is 0 Å². The molecule has 0 saturated carbocycles. The highest BCUT2D eigenvalue weighted by Crippen LogP contribution is 2.21. The van der Waals surface area contributed by atoms with E-state index in [-0.39, 0.29) is 6.54 Å². The maximum absolute atomic E-state index is 12.1. The van der Waals surface area contributed by atoms with Gasteiger partial charge in [-0.25, -0.2) is 0 Å². The van der Waals surface area contributed by atoms with Gasteiger partial charge in [-0.05, 0) is 12.5 Å². The van der Waals surface area contributed by atoms with E-state index in [1.165, 1.54) is 11.0 Å². The molecule has 0 aromatic heterocycles. The Bertz CT molecular complexity index is 562. The van der Waals surface area contributed by atoms with Gasteiger partial charge in [0, 0.05) is 11.8 Å². The van der Waals surface area contributed by atoms with Gasteiger partial charge in [-0.15, -0.1) is 0 Å². The van der Waals surface area contributed by atoms with Crippen LogP contribution in [0.15, 0.2) is 42.1 Å². The van der Waals surface area contributed by atoms with E-state index in [0.717, 1.165) is 5.56 Å². The largest absolute Gasteiger partial charge is 0.480 e. The molecule has 1 unspecified atom stereocenters. The van der Waals surface area contributed by atoms with Crippen LogP contribution in [0.5, 0.6) is 0 Å². The first kappa shape index (κ1) is 13.0. The average Bonchev–Trinajstić information content (AvgIpc) is 2.35. The number of amides is 1. The second kappa shape index (κ2) is 5.06. The SMILES string of the molecule is CC1=CC(=O)C(C(=O)O)C(=O)N1Cc1ccccc1. The van der Waals surface area contributed by atoms with Crippen LogP contribution in [0, 0.1) is 5.92 Å². The predicted octanol–water partition coefficient (Wildman–Crippen LogP) is 1.20. The van der Waals surface area contributed by atoms with Crippen LogP contribution >= 0.6 is 0 Å². The van der Waals surface area contributed by atoms with E-state index >= 15 is 0 Å². The van der Waals surface area contributed by atoms with Gasteiger partial charge < -0.3 is 10.0 Å². The fraction of sp³-hybridized carbons (Fsp3) is 0.214. The summed E-state index contributed by atoms with van der Waals surface area (Å²) in [5, 5.41) is 8.95. The number of rotatable bonds is 3. The molecule has 0 spiro atoms. The highest BCUT2D eigenvalue weighted by atomic mass is 16.4. The van der Waals surface area contributed by atoms with Crippen molar-refractivity contribution in [2.24, 2.45) is 5.92 Å². The first-order valence-electron chi connectivity index (χ1n) is 5.81. The smallest absolute Gasteiger partial charge is 0.324 e. The van der Waals surface area contributed by atoms with E-state index in [1.54, 1.807) is 6.92 Å². The van der Waals surface area contributed by atoms with Gasteiger partial charge in [0.15, 0.2) is 11.7 Å². The maximum atomic E-state index is 12.1. The molecule has 1 amide bonds. The molecule has 1 heterocycles. The number of aliphatic carboxylic acids is 1.